The van der Waals surface area contributed by atoms with E-state index in [1.54, 1.807) is 6.92 Å². The van der Waals surface area contributed by atoms with Gasteiger partial charge in [0, 0.05) is 12.1 Å². The fourth-order valence-corrected chi connectivity index (χ4v) is 1.30. The SMILES string of the molecule is CCC(=O)Nc1ccc(Cl)c(NC(=O)C(F)F)c1. The molecule has 1 aromatic rings. The monoisotopic (exact) mass is 276 g/mol. The third kappa shape index (κ3) is 3.96. The van der Waals surface area contributed by atoms with E-state index in [2.05, 4.69) is 5.32 Å². The summed E-state index contributed by atoms with van der Waals surface area (Å²) in [7, 11) is 0. The standard InChI is InChI=1S/C11H11ClF2N2O2/c1-2-9(17)15-6-3-4-7(12)8(5-6)16-11(18)10(13)14/h3-5,10H,2H2,1H3,(H,15,17)(H,16,18). The molecule has 0 heterocycles. The van der Waals surface area contributed by atoms with Crippen LogP contribution >= 0.6 is 11.6 Å². The second-order valence-electron chi connectivity index (χ2n) is 3.39. The van der Waals surface area contributed by atoms with Gasteiger partial charge in [0.2, 0.25) is 5.91 Å². The first-order valence-electron chi connectivity index (χ1n) is 5.12. The average Bonchev–Trinajstić information content (AvgIpc) is 2.33. The average molecular weight is 277 g/mol. The minimum atomic E-state index is -3.13. The van der Waals surface area contributed by atoms with Gasteiger partial charge < -0.3 is 10.6 Å². The van der Waals surface area contributed by atoms with E-state index < -0.39 is 12.3 Å². The molecule has 7 heteroatoms. The Morgan fingerprint density at radius 1 is 1.33 bits per heavy atom. The molecule has 0 unspecified atom stereocenters. The molecule has 0 radical (unpaired) electrons. The number of halogens is 3. The highest BCUT2D eigenvalue weighted by Gasteiger charge is 2.16. The van der Waals surface area contributed by atoms with E-state index >= 15 is 0 Å². The molecular formula is C11H11ClF2N2O2. The van der Waals surface area contributed by atoms with E-state index in [1.165, 1.54) is 18.2 Å². The lowest BCUT2D eigenvalue weighted by Crippen LogP contribution is -2.20. The van der Waals surface area contributed by atoms with E-state index in [9.17, 15) is 18.4 Å². The minimum absolute atomic E-state index is 0.0240. The fourth-order valence-electron chi connectivity index (χ4n) is 1.14. The normalized spacial score (nSPS) is 10.3. The highest BCUT2D eigenvalue weighted by atomic mass is 35.5. The number of benzene rings is 1. The number of anilines is 2. The van der Waals surface area contributed by atoms with Crippen molar-refractivity contribution >= 4 is 34.8 Å². The molecule has 0 saturated heterocycles. The number of carbonyl (C=O) groups is 2. The molecular weight excluding hydrogens is 266 g/mol. The number of nitrogens with one attached hydrogen (secondary N) is 2. The molecule has 0 atom stereocenters. The van der Waals surface area contributed by atoms with Gasteiger partial charge in [-0.15, -0.1) is 0 Å². The first-order chi connectivity index (χ1) is 8.43. The predicted octanol–water partition coefficient (Wildman–Crippen LogP) is 2.89. The molecule has 1 aromatic carbocycles. The van der Waals surface area contributed by atoms with E-state index in [1.807, 2.05) is 5.32 Å². The molecule has 2 N–H and O–H groups in total. The third-order valence-electron chi connectivity index (χ3n) is 2.03. The van der Waals surface area contributed by atoms with Crippen LogP contribution in [0.1, 0.15) is 13.3 Å². The van der Waals surface area contributed by atoms with Crippen LogP contribution in [0.25, 0.3) is 0 Å². The Morgan fingerprint density at radius 2 is 2.00 bits per heavy atom. The van der Waals surface area contributed by atoms with Gasteiger partial charge in [-0.3, -0.25) is 9.59 Å². The maximum atomic E-state index is 12.1. The minimum Gasteiger partial charge on any atom is -0.326 e. The number of rotatable bonds is 4. The van der Waals surface area contributed by atoms with Gasteiger partial charge in [0.05, 0.1) is 10.7 Å². The van der Waals surface area contributed by atoms with Crippen molar-refractivity contribution in [2.24, 2.45) is 0 Å². The number of carbonyl (C=O) groups excluding carboxylic acids is 2. The van der Waals surface area contributed by atoms with Crippen LogP contribution in [0.5, 0.6) is 0 Å². The highest BCUT2D eigenvalue weighted by Crippen LogP contribution is 2.26. The molecule has 0 aliphatic carbocycles. The van der Waals surface area contributed by atoms with Crippen LogP contribution in [0.4, 0.5) is 20.2 Å². The number of hydrogen-bond acceptors (Lipinski definition) is 2. The topological polar surface area (TPSA) is 58.2 Å². The third-order valence-corrected chi connectivity index (χ3v) is 2.36. The summed E-state index contributed by atoms with van der Waals surface area (Å²) in [6.07, 6.45) is -2.85. The second-order valence-corrected chi connectivity index (χ2v) is 3.79. The van der Waals surface area contributed by atoms with Crippen LogP contribution in [-0.4, -0.2) is 18.2 Å². The lowest BCUT2D eigenvalue weighted by Gasteiger charge is -2.09. The molecule has 0 aliphatic heterocycles. The Morgan fingerprint density at radius 3 is 2.56 bits per heavy atom. The zero-order valence-corrected chi connectivity index (χ0v) is 10.2. The molecule has 98 valence electrons. The quantitative estimate of drug-likeness (QED) is 0.888. The van der Waals surface area contributed by atoms with Gasteiger partial charge in [-0.1, -0.05) is 18.5 Å². The van der Waals surface area contributed by atoms with Crippen molar-refractivity contribution < 1.29 is 18.4 Å². The number of amides is 2. The van der Waals surface area contributed by atoms with E-state index in [0.29, 0.717) is 5.69 Å². The molecule has 18 heavy (non-hydrogen) atoms. The van der Waals surface area contributed by atoms with Crippen molar-refractivity contribution in [1.82, 2.24) is 0 Å². The van der Waals surface area contributed by atoms with Gasteiger partial charge in [-0.2, -0.15) is 8.78 Å². The van der Waals surface area contributed by atoms with Crippen molar-refractivity contribution in [3.63, 3.8) is 0 Å². The van der Waals surface area contributed by atoms with Crippen molar-refractivity contribution in [1.29, 1.82) is 0 Å². The van der Waals surface area contributed by atoms with Crippen LogP contribution in [0.2, 0.25) is 5.02 Å². The molecule has 0 saturated carbocycles. The van der Waals surface area contributed by atoms with E-state index in [0.717, 1.165) is 0 Å². The number of alkyl halides is 2. The molecule has 0 aromatic heterocycles. The molecule has 2 amide bonds. The van der Waals surface area contributed by atoms with Crippen LogP contribution in [0.15, 0.2) is 18.2 Å². The summed E-state index contributed by atoms with van der Waals surface area (Å²) in [5.74, 6) is -1.68. The Bertz CT molecular complexity index is 466. The largest absolute Gasteiger partial charge is 0.326 e. The maximum Gasteiger partial charge on any atom is 0.315 e. The number of hydrogen-bond donors (Lipinski definition) is 2. The van der Waals surface area contributed by atoms with Crippen LogP contribution in [0.3, 0.4) is 0 Å². The zero-order chi connectivity index (χ0) is 13.7. The summed E-state index contributed by atoms with van der Waals surface area (Å²) in [5.41, 5.74) is 0.395. The van der Waals surface area contributed by atoms with Gasteiger partial charge >= 0.3 is 6.43 Å². The Hall–Kier alpha value is -1.69. The lowest BCUT2D eigenvalue weighted by atomic mass is 10.2. The summed E-state index contributed by atoms with van der Waals surface area (Å²) in [6.45, 7) is 1.67. The van der Waals surface area contributed by atoms with Crippen molar-refractivity contribution in [2.75, 3.05) is 10.6 Å². The van der Waals surface area contributed by atoms with Crippen LogP contribution < -0.4 is 10.6 Å². The Labute approximate surface area is 107 Å². The molecule has 0 fully saturated rings. The first-order valence-corrected chi connectivity index (χ1v) is 5.50. The zero-order valence-electron chi connectivity index (χ0n) is 9.47. The van der Waals surface area contributed by atoms with Gasteiger partial charge in [-0.25, -0.2) is 0 Å². The summed E-state index contributed by atoms with van der Waals surface area (Å²) in [6, 6.07) is 4.22. The summed E-state index contributed by atoms with van der Waals surface area (Å²) >= 11 is 5.74. The van der Waals surface area contributed by atoms with Gasteiger partial charge in [0.15, 0.2) is 0 Å². The van der Waals surface area contributed by atoms with Gasteiger partial charge in [0.1, 0.15) is 0 Å². The van der Waals surface area contributed by atoms with Crippen molar-refractivity contribution in [3.8, 4) is 0 Å². The van der Waals surface area contributed by atoms with E-state index in [4.69, 9.17) is 11.6 Å². The van der Waals surface area contributed by atoms with Gasteiger partial charge in [0.25, 0.3) is 5.91 Å². The maximum absolute atomic E-state index is 12.1. The Kier molecular flexibility index (Phi) is 5.03. The van der Waals surface area contributed by atoms with E-state index in [-0.39, 0.29) is 23.0 Å². The predicted molar refractivity (Wildman–Crippen MR) is 65.0 cm³/mol. The van der Waals surface area contributed by atoms with Crippen molar-refractivity contribution in [2.45, 2.75) is 19.8 Å². The fraction of sp³-hybridized carbons (Fsp3) is 0.273. The molecule has 4 nitrogen and oxygen atoms in total. The second kappa shape index (κ2) is 6.30. The van der Waals surface area contributed by atoms with Crippen LogP contribution in [-0.2, 0) is 9.59 Å². The molecule has 1 rings (SSSR count). The Balaban J connectivity index is 2.87. The van der Waals surface area contributed by atoms with Crippen LogP contribution in [0, 0.1) is 0 Å². The smallest absolute Gasteiger partial charge is 0.315 e. The first kappa shape index (κ1) is 14.4. The summed E-state index contributed by atoms with van der Waals surface area (Å²) < 4.78 is 24.2. The molecule has 0 bridgehead atoms. The molecule has 0 spiro atoms. The molecule has 0 aliphatic rings. The van der Waals surface area contributed by atoms with Crippen molar-refractivity contribution in [3.05, 3.63) is 23.2 Å². The summed E-state index contributed by atoms with van der Waals surface area (Å²) in [5, 5.41) is 4.60. The van der Waals surface area contributed by atoms with Gasteiger partial charge in [-0.05, 0) is 18.2 Å². The highest BCUT2D eigenvalue weighted by molar-refractivity contribution is 6.33. The lowest BCUT2D eigenvalue weighted by molar-refractivity contribution is -0.126. The summed E-state index contributed by atoms with van der Waals surface area (Å²) in [4.78, 5) is 22.0.